The highest BCUT2D eigenvalue weighted by molar-refractivity contribution is 7.00. The summed E-state index contributed by atoms with van der Waals surface area (Å²) in [6.07, 6.45) is 0. The van der Waals surface area contributed by atoms with Crippen LogP contribution in [0.25, 0.3) is 94.3 Å². The van der Waals surface area contributed by atoms with Gasteiger partial charge in [0.2, 0.25) is 0 Å². The number of hydrogen-bond donors (Lipinski definition) is 0. The molecule has 18 rings (SSSR count). The normalized spacial score (nSPS) is 12.9. The van der Waals surface area contributed by atoms with Crippen molar-refractivity contribution in [1.29, 1.82) is 0 Å². The van der Waals surface area contributed by atoms with Gasteiger partial charge in [0.25, 0.3) is 6.71 Å². The van der Waals surface area contributed by atoms with Crippen LogP contribution >= 0.6 is 0 Å². The summed E-state index contributed by atoms with van der Waals surface area (Å²) >= 11 is 0. The molecule has 0 spiro atoms. The lowest BCUT2D eigenvalue weighted by atomic mass is 9.33. The molecule has 0 amide bonds. The fourth-order valence-corrected chi connectivity index (χ4v) is 17.6. The average molecular weight is 1490 g/mol. The maximum absolute atomic E-state index is 2.75. The first-order valence-corrected chi connectivity index (χ1v) is 41.1. The molecule has 2 aliphatic rings. The van der Waals surface area contributed by atoms with Gasteiger partial charge >= 0.3 is 0 Å². The van der Waals surface area contributed by atoms with Crippen LogP contribution in [0.5, 0.6) is 0 Å². The standard InChI is InChI=1S/C110H101BN4/c1-106(2,3)82-57-80(58-83(65-82)107(4,5)6)76-50-53-96-100(63-76)114(90-61-78(72-36-22-16-23-37-72)56-79(62-90)73-38-24-17-25-39-73)102-70-91(113-98-49-35-34-48-92(98)95-69-89(52-55-99(95)113)112(87-44-30-20-31-45-87)88-46-32-21-33-47-88)71-103-104(102)111(96)97-54-51-77(81-59-84(108(7,8)9)66-85(60-81)109(10,11)12)64-101(97)115(103)105-93(74-40-26-18-27-41-74)67-86(110(13,14)15)68-94(105)75-42-28-19-29-43-75/h16-71H,1-15H3. The van der Waals surface area contributed by atoms with Crippen LogP contribution in [-0.4, -0.2) is 11.3 Å². The lowest BCUT2D eigenvalue weighted by molar-refractivity contribution is 0.568. The van der Waals surface area contributed by atoms with E-state index in [1.54, 1.807) is 0 Å². The molecule has 4 nitrogen and oxygen atoms in total. The van der Waals surface area contributed by atoms with Gasteiger partial charge in [0, 0.05) is 67.4 Å². The summed E-state index contributed by atoms with van der Waals surface area (Å²) in [6, 6.07) is 130. The van der Waals surface area contributed by atoms with Crippen LogP contribution in [0.4, 0.5) is 51.2 Å². The Kier molecular flexibility index (Phi) is 18.2. The Hall–Kier alpha value is -12.4. The molecule has 0 atom stereocenters. The summed E-state index contributed by atoms with van der Waals surface area (Å²) in [5, 5.41) is 2.33. The number of nitrogens with zero attached hydrogens (tertiary/aromatic N) is 4. The number of para-hydroxylation sites is 3. The average Bonchev–Trinajstić information content (AvgIpc) is 1.36. The van der Waals surface area contributed by atoms with Crippen molar-refractivity contribution in [3.8, 4) is 72.4 Å². The van der Waals surface area contributed by atoms with Gasteiger partial charge in [0.15, 0.2) is 0 Å². The van der Waals surface area contributed by atoms with Gasteiger partial charge in [-0.25, -0.2) is 0 Å². The quantitative estimate of drug-likeness (QED) is 0.113. The van der Waals surface area contributed by atoms with Crippen molar-refractivity contribution in [3.63, 3.8) is 0 Å². The summed E-state index contributed by atoms with van der Waals surface area (Å²) in [5.74, 6) is 0. The highest BCUT2D eigenvalue weighted by Gasteiger charge is 2.46. The second-order valence-electron chi connectivity index (χ2n) is 37.1. The molecule has 5 heteroatoms. The van der Waals surface area contributed by atoms with Gasteiger partial charge in [0.05, 0.1) is 22.4 Å². The van der Waals surface area contributed by atoms with E-state index < -0.39 is 0 Å². The van der Waals surface area contributed by atoms with Crippen LogP contribution in [-0.2, 0) is 27.1 Å². The largest absolute Gasteiger partial charge is 0.311 e. The predicted molar refractivity (Wildman–Crippen MR) is 496 cm³/mol. The Labute approximate surface area is 681 Å². The topological polar surface area (TPSA) is 14.7 Å². The number of rotatable bonds is 12. The molecule has 0 radical (unpaired) electrons. The van der Waals surface area contributed by atoms with Crippen molar-refractivity contribution in [2.24, 2.45) is 0 Å². The van der Waals surface area contributed by atoms with Gasteiger partial charge < -0.3 is 19.3 Å². The van der Waals surface area contributed by atoms with Crippen molar-refractivity contribution in [2.45, 2.75) is 131 Å². The maximum Gasteiger partial charge on any atom is 0.252 e. The third-order valence-electron chi connectivity index (χ3n) is 24.0. The van der Waals surface area contributed by atoms with Crippen LogP contribution in [0.15, 0.2) is 340 Å². The number of benzene rings is 15. The van der Waals surface area contributed by atoms with E-state index in [1.807, 2.05) is 0 Å². The van der Waals surface area contributed by atoms with E-state index in [1.165, 1.54) is 71.8 Å². The van der Waals surface area contributed by atoms with Gasteiger partial charge in [0.1, 0.15) is 0 Å². The molecule has 0 saturated carbocycles. The smallest absolute Gasteiger partial charge is 0.252 e. The molecule has 0 fully saturated rings. The molecule has 15 aromatic carbocycles. The minimum absolute atomic E-state index is 0.113. The Morgan fingerprint density at radius 3 is 1.03 bits per heavy atom. The Morgan fingerprint density at radius 2 is 0.600 bits per heavy atom. The first-order valence-electron chi connectivity index (χ1n) is 41.1. The van der Waals surface area contributed by atoms with Gasteiger partial charge in [-0.3, -0.25) is 0 Å². The van der Waals surface area contributed by atoms with Gasteiger partial charge in [-0.1, -0.05) is 340 Å². The first-order chi connectivity index (χ1) is 55.2. The molecule has 2 aliphatic heterocycles. The van der Waals surface area contributed by atoms with Gasteiger partial charge in [-0.15, -0.1) is 0 Å². The SMILES string of the molecule is CC(C)(C)c1cc(-c2ccc3c(c2)N(c2cc(-c4ccccc4)cc(-c4ccccc4)c2)c2cc(-n4c5ccccc5c5cc(N(c6ccccc6)c6ccccc6)ccc54)cc4c2B3c2ccc(-c3cc(C(C)(C)C)cc(C(C)(C)C)c3)cc2N4c2c(-c3ccccc3)cc(C(C)(C)C)cc2-c2ccccc2)cc(C(C)(C)C)c1. The molecule has 0 N–H and O–H groups in total. The summed E-state index contributed by atoms with van der Waals surface area (Å²) in [7, 11) is 0. The van der Waals surface area contributed by atoms with Crippen molar-refractivity contribution in [1.82, 2.24) is 4.57 Å². The summed E-state index contributed by atoms with van der Waals surface area (Å²) in [4.78, 5) is 7.82. The molecule has 1 aromatic heterocycles. The molecular formula is C110H101BN4. The summed E-state index contributed by atoms with van der Waals surface area (Å²) in [6.45, 7) is 35.1. The van der Waals surface area contributed by atoms with Crippen LogP contribution < -0.4 is 31.1 Å². The van der Waals surface area contributed by atoms with Crippen molar-refractivity contribution < 1.29 is 0 Å². The zero-order chi connectivity index (χ0) is 79.6. The summed E-state index contributed by atoms with van der Waals surface area (Å²) in [5.41, 5.74) is 36.6. The Morgan fingerprint density at radius 1 is 0.235 bits per heavy atom. The zero-order valence-electron chi connectivity index (χ0n) is 69.2. The molecule has 115 heavy (non-hydrogen) atoms. The van der Waals surface area contributed by atoms with Crippen LogP contribution in [0.1, 0.15) is 132 Å². The van der Waals surface area contributed by atoms with E-state index in [0.717, 1.165) is 118 Å². The second kappa shape index (κ2) is 28.3. The van der Waals surface area contributed by atoms with Crippen molar-refractivity contribution in [2.75, 3.05) is 14.7 Å². The molecule has 564 valence electrons. The second-order valence-corrected chi connectivity index (χ2v) is 37.1. The van der Waals surface area contributed by atoms with Crippen LogP contribution in [0.2, 0.25) is 0 Å². The molecule has 0 aliphatic carbocycles. The molecule has 0 unspecified atom stereocenters. The number of anilines is 9. The van der Waals surface area contributed by atoms with E-state index in [2.05, 4.69) is 463 Å². The molecule has 0 bridgehead atoms. The third kappa shape index (κ3) is 13.7. The van der Waals surface area contributed by atoms with E-state index >= 15 is 0 Å². The molecule has 0 saturated heterocycles. The minimum atomic E-state index is -0.264. The summed E-state index contributed by atoms with van der Waals surface area (Å²) < 4.78 is 2.58. The number of aromatic nitrogens is 1. The molecule has 3 heterocycles. The lowest BCUT2D eigenvalue weighted by Gasteiger charge is -2.45. The Bertz CT molecular complexity index is 6180. The third-order valence-corrected chi connectivity index (χ3v) is 24.0. The van der Waals surface area contributed by atoms with Crippen LogP contribution in [0.3, 0.4) is 0 Å². The fraction of sp³-hybridized carbons (Fsp3) is 0.182. The van der Waals surface area contributed by atoms with E-state index in [9.17, 15) is 0 Å². The predicted octanol–water partition coefficient (Wildman–Crippen LogP) is 28.8. The van der Waals surface area contributed by atoms with Crippen LogP contribution in [0, 0.1) is 0 Å². The van der Waals surface area contributed by atoms with Crippen molar-refractivity contribution in [3.05, 3.63) is 368 Å². The first kappa shape index (κ1) is 74.0. The monoisotopic (exact) mass is 1490 g/mol. The lowest BCUT2D eigenvalue weighted by Crippen LogP contribution is -2.61. The maximum atomic E-state index is 2.75. The zero-order valence-corrected chi connectivity index (χ0v) is 69.2. The number of fused-ring (bicyclic) bond motifs is 7. The minimum Gasteiger partial charge on any atom is -0.311 e. The van der Waals surface area contributed by atoms with Gasteiger partial charge in [-0.2, -0.15) is 0 Å². The van der Waals surface area contributed by atoms with Gasteiger partial charge in [-0.05, 0) is 230 Å². The molecular weight excluding hydrogens is 1390 g/mol. The highest BCUT2D eigenvalue weighted by atomic mass is 15.2. The molecule has 16 aromatic rings. The van der Waals surface area contributed by atoms with E-state index in [0.29, 0.717) is 0 Å². The number of hydrogen-bond acceptors (Lipinski definition) is 3. The van der Waals surface area contributed by atoms with Crippen molar-refractivity contribution >= 4 is 96.1 Å². The van der Waals surface area contributed by atoms with E-state index in [4.69, 9.17) is 0 Å². The fourth-order valence-electron chi connectivity index (χ4n) is 17.6. The Balaban J connectivity index is 1.03. The highest BCUT2D eigenvalue weighted by Crippen LogP contribution is 2.55. The van der Waals surface area contributed by atoms with E-state index in [-0.39, 0.29) is 33.8 Å².